The number of halogens is 3. The first-order valence-corrected chi connectivity index (χ1v) is 7.24. The Hall–Kier alpha value is -2.10. The number of ether oxygens (including phenoxy) is 2. The van der Waals surface area contributed by atoms with Gasteiger partial charge >= 0.3 is 12.2 Å². The molecule has 1 aromatic rings. The Morgan fingerprint density at radius 2 is 2.25 bits per heavy atom. The average Bonchev–Trinajstić information content (AvgIpc) is 2.50. The summed E-state index contributed by atoms with van der Waals surface area (Å²) in [7, 11) is 1.44. The maximum atomic E-state index is 12.9. The van der Waals surface area contributed by atoms with Crippen LogP contribution in [0.2, 0.25) is 0 Å². The highest BCUT2D eigenvalue weighted by Gasteiger charge is 2.49. The number of hydrogen-bond donors (Lipinski definition) is 1. The van der Waals surface area contributed by atoms with E-state index in [-0.39, 0.29) is 13.1 Å². The van der Waals surface area contributed by atoms with Crippen LogP contribution in [0, 0.1) is 0 Å². The van der Waals surface area contributed by atoms with Crippen LogP contribution < -0.4 is 10.1 Å². The van der Waals surface area contributed by atoms with Crippen LogP contribution in [0.5, 0.6) is 5.88 Å². The number of methoxy groups -OCH3 is 1. The smallest absolute Gasteiger partial charge is 0.416 e. The quantitative estimate of drug-likeness (QED) is 0.900. The molecule has 7 nitrogen and oxygen atoms in total. The summed E-state index contributed by atoms with van der Waals surface area (Å²) < 4.78 is 48.8. The zero-order chi connectivity index (χ0) is 18.0. The number of rotatable bonds is 3. The zero-order valence-corrected chi connectivity index (χ0v) is 13.6. The van der Waals surface area contributed by atoms with Gasteiger partial charge in [0.05, 0.1) is 32.3 Å². The van der Waals surface area contributed by atoms with Gasteiger partial charge in [-0.1, -0.05) is 0 Å². The number of hydrogen-bond acceptors (Lipinski definition) is 5. The SMILES string of the molecule is COc1ccnc(CNC(=O)N2C[C@H](C(F)(F)F)OC(C)(C)C2)n1. The van der Waals surface area contributed by atoms with Crippen LogP contribution in [0.15, 0.2) is 12.3 Å². The Labute approximate surface area is 137 Å². The number of carbonyl (C=O) groups excluding carboxylic acids is 1. The van der Waals surface area contributed by atoms with Crippen molar-refractivity contribution >= 4 is 6.03 Å². The van der Waals surface area contributed by atoms with Crippen molar-refractivity contribution in [2.24, 2.45) is 0 Å². The first-order valence-electron chi connectivity index (χ1n) is 7.24. The fraction of sp³-hybridized carbons (Fsp3) is 0.643. The average molecular weight is 348 g/mol. The molecule has 0 saturated carbocycles. The van der Waals surface area contributed by atoms with E-state index < -0.39 is 30.5 Å². The van der Waals surface area contributed by atoms with Gasteiger partial charge in [0.2, 0.25) is 5.88 Å². The molecule has 0 aliphatic carbocycles. The highest BCUT2D eigenvalue weighted by atomic mass is 19.4. The van der Waals surface area contributed by atoms with E-state index in [1.807, 2.05) is 0 Å². The third-order valence-electron chi connectivity index (χ3n) is 3.36. The van der Waals surface area contributed by atoms with Gasteiger partial charge in [-0.15, -0.1) is 0 Å². The topological polar surface area (TPSA) is 76.6 Å². The first kappa shape index (κ1) is 18.2. The minimum Gasteiger partial charge on any atom is -0.481 e. The van der Waals surface area contributed by atoms with Crippen molar-refractivity contribution in [3.05, 3.63) is 18.1 Å². The van der Waals surface area contributed by atoms with Crippen molar-refractivity contribution in [2.75, 3.05) is 20.2 Å². The number of nitrogens with zero attached hydrogens (tertiary/aromatic N) is 3. The highest BCUT2D eigenvalue weighted by Crippen LogP contribution is 2.31. The first-order chi connectivity index (χ1) is 11.1. The molecule has 1 saturated heterocycles. The summed E-state index contributed by atoms with van der Waals surface area (Å²) in [6, 6.07) is 0.913. The molecule has 1 fully saturated rings. The van der Waals surface area contributed by atoms with Crippen molar-refractivity contribution < 1.29 is 27.4 Å². The summed E-state index contributed by atoms with van der Waals surface area (Å²) in [5, 5.41) is 2.51. The van der Waals surface area contributed by atoms with Crippen LogP contribution in [0.4, 0.5) is 18.0 Å². The lowest BCUT2D eigenvalue weighted by molar-refractivity contribution is -0.267. The van der Waals surface area contributed by atoms with Gasteiger partial charge in [0.25, 0.3) is 0 Å². The van der Waals surface area contributed by atoms with Crippen LogP contribution in [-0.2, 0) is 11.3 Å². The molecule has 1 aliphatic rings. The van der Waals surface area contributed by atoms with Gasteiger partial charge in [-0.2, -0.15) is 18.2 Å². The molecule has 1 N–H and O–H groups in total. The molecule has 0 spiro atoms. The fourth-order valence-electron chi connectivity index (χ4n) is 2.35. The van der Waals surface area contributed by atoms with Crippen LogP contribution in [0.25, 0.3) is 0 Å². The number of alkyl halides is 3. The predicted molar refractivity (Wildman–Crippen MR) is 77.4 cm³/mol. The molecule has 134 valence electrons. The normalized spacial score (nSPS) is 20.6. The number of urea groups is 1. The van der Waals surface area contributed by atoms with E-state index in [2.05, 4.69) is 15.3 Å². The molecule has 1 atom stereocenters. The molecule has 1 aliphatic heterocycles. The second-order valence-electron chi connectivity index (χ2n) is 5.96. The monoisotopic (exact) mass is 348 g/mol. The van der Waals surface area contributed by atoms with Gasteiger partial charge in [0, 0.05) is 12.3 Å². The second-order valence-corrected chi connectivity index (χ2v) is 5.96. The fourth-order valence-corrected chi connectivity index (χ4v) is 2.35. The van der Waals surface area contributed by atoms with Crippen LogP contribution >= 0.6 is 0 Å². The number of carbonyl (C=O) groups is 1. The Kier molecular flexibility index (Phi) is 5.16. The largest absolute Gasteiger partial charge is 0.481 e. The van der Waals surface area contributed by atoms with Gasteiger partial charge in [0.1, 0.15) is 0 Å². The van der Waals surface area contributed by atoms with E-state index in [0.717, 1.165) is 4.90 Å². The number of morpholine rings is 1. The number of amides is 2. The van der Waals surface area contributed by atoms with E-state index in [1.54, 1.807) is 6.07 Å². The summed E-state index contributed by atoms with van der Waals surface area (Å²) in [6.45, 7) is 2.49. The van der Waals surface area contributed by atoms with E-state index in [4.69, 9.17) is 9.47 Å². The molecule has 2 heterocycles. The van der Waals surface area contributed by atoms with Gasteiger partial charge < -0.3 is 19.7 Å². The maximum Gasteiger partial charge on any atom is 0.416 e. The lowest BCUT2D eigenvalue weighted by atomic mass is 10.1. The van der Waals surface area contributed by atoms with Gasteiger partial charge in [-0.3, -0.25) is 0 Å². The Morgan fingerprint density at radius 1 is 1.54 bits per heavy atom. The van der Waals surface area contributed by atoms with Gasteiger partial charge in [-0.05, 0) is 13.8 Å². The molecule has 2 rings (SSSR count). The molecular weight excluding hydrogens is 329 g/mol. The predicted octanol–water partition coefficient (Wildman–Crippen LogP) is 1.74. The van der Waals surface area contributed by atoms with Gasteiger partial charge in [-0.25, -0.2) is 9.78 Å². The minimum absolute atomic E-state index is 0.0233. The highest BCUT2D eigenvalue weighted by molar-refractivity contribution is 5.74. The van der Waals surface area contributed by atoms with Gasteiger partial charge in [0.15, 0.2) is 11.9 Å². The maximum absolute atomic E-state index is 12.9. The third-order valence-corrected chi connectivity index (χ3v) is 3.36. The lowest BCUT2D eigenvalue weighted by Crippen LogP contribution is -2.60. The molecule has 0 radical (unpaired) electrons. The zero-order valence-electron chi connectivity index (χ0n) is 13.6. The van der Waals surface area contributed by atoms with E-state index in [9.17, 15) is 18.0 Å². The summed E-state index contributed by atoms with van der Waals surface area (Å²) >= 11 is 0. The Bertz CT molecular complexity index is 595. The van der Waals surface area contributed by atoms with Crippen molar-refractivity contribution in [1.29, 1.82) is 0 Å². The lowest BCUT2D eigenvalue weighted by Gasteiger charge is -2.43. The Balaban J connectivity index is 2.00. The van der Waals surface area contributed by atoms with Crippen molar-refractivity contribution in [2.45, 2.75) is 38.3 Å². The molecule has 0 aromatic carbocycles. The Morgan fingerprint density at radius 3 is 2.88 bits per heavy atom. The summed E-state index contributed by atoms with van der Waals surface area (Å²) in [5.74, 6) is 0.626. The summed E-state index contributed by atoms with van der Waals surface area (Å²) in [5.41, 5.74) is -1.09. The molecular formula is C14H19F3N4O3. The molecule has 10 heteroatoms. The van der Waals surface area contributed by atoms with Crippen molar-refractivity contribution in [3.63, 3.8) is 0 Å². The third kappa shape index (κ3) is 4.70. The molecule has 24 heavy (non-hydrogen) atoms. The number of nitrogens with one attached hydrogen (secondary N) is 1. The summed E-state index contributed by atoms with van der Waals surface area (Å²) in [4.78, 5) is 21.3. The number of aromatic nitrogens is 2. The molecule has 2 amide bonds. The minimum atomic E-state index is -4.54. The van der Waals surface area contributed by atoms with Crippen LogP contribution in [0.1, 0.15) is 19.7 Å². The van der Waals surface area contributed by atoms with Crippen LogP contribution in [-0.4, -0.2) is 59.0 Å². The standard InChI is InChI=1S/C14H19F3N4O3/c1-13(2)8-21(7-9(24-13)14(15,16)17)12(22)19-6-10-18-5-4-11(20-10)23-3/h4-5,9H,6-8H2,1-3H3,(H,19,22)/t9-/m1/s1. The van der Waals surface area contributed by atoms with Crippen molar-refractivity contribution in [1.82, 2.24) is 20.2 Å². The molecule has 0 bridgehead atoms. The van der Waals surface area contributed by atoms with E-state index in [1.165, 1.54) is 27.2 Å². The van der Waals surface area contributed by atoms with Crippen LogP contribution in [0.3, 0.4) is 0 Å². The van der Waals surface area contributed by atoms with E-state index in [0.29, 0.717) is 11.7 Å². The molecule has 1 aromatic heterocycles. The molecule has 0 unspecified atom stereocenters. The summed E-state index contributed by atoms with van der Waals surface area (Å²) in [6.07, 6.45) is -5.09. The second kappa shape index (κ2) is 6.80. The van der Waals surface area contributed by atoms with E-state index >= 15 is 0 Å². The van der Waals surface area contributed by atoms with Crippen molar-refractivity contribution in [3.8, 4) is 5.88 Å².